The van der Waals surface area contributed by atoms with E-state index in [-0.39, 0.29) is 0 Å². The molecule has 1 saturated heterocycles. The first-order valence-corrected chi connectivity index (χ1v) is 7.05. The molecule has 0 saturated carbocycles. The van der Waals surface area contributed by atoms with E-state index in [2.05, 4.69) is 18.7 Å². The minimum atomic E-state index is 0.392. The lowest BCUT2D eigenvalue weighted by Gasteiger charge is -2.33. The molecule has 94 valence electrons. The van der Waals surface area contributed by atoms with E-state index in [1.807, 2.05) is 0 Å². The smallest absolute Gasteiger partial charge is 0.222 e. The number of unbranched alkanes of at least 4 members (excludes halogenated alkanes) is 4. The van der Waals surface area contributed by atoms with E-state index in [9.17, 15) is 4.79 Å². The molecule has 2 heteroatoms. The third-order valence-corrected chi connectivity index (χ3v) is 3.62. The highest BCUT2D eigenvalue weighted by Gasteiger charge is 2.22. The Morgan fingerprint density at radius 1 is 1.19 bits per heavy atom. The van der Waals surface area contributed by atoms with Crippen LogP contribution in [0.3, 0.4) is 0 Å². The summed E-state index contributed by atoms with van der Waals surface area (Å²) >= 11 is 0. The highest BCUT2D eigenvalue weighted by molar-refractivity contribution is 5.76. The summed E-state index contributed by atoms with van der Waals surface area (Å²) in [6.07, 6.45) is 10.7. The van der Waals surface area contributed by atoms with Crippen molar-refractivity contribution in [3.05, 3.63) is 0 Å². The fourth-order valence-corrected chi connectivity index (χ4v) is 2.49. The van der Waals surface area contributed by atoms with Crippen molar-refractivity contribution in [3.63, 3.8) is 0 Å². The lowest BCUT2D eigenvalue weighted by molar-refractivity contribution is -0.134. The van der Waals surface area contributed by atoms with Gasteiger partial charge in [-0.3, -0.25) is 4.79 Å². The molecule has 1 atom stereocenters. The van der Waals surface area contributed by atoms with Crippen LogP contribution in [0.5, 0.6) is 0 Å². The van der Waals surface area contributed by atoms with Crippen molar-refractivity contribution in [2.45, 2.75) is 77.7 Å². The maximum absolute atomic E-state index is 12.0. The van der Waals surface area contributed by atoms with Gasteiger partial charge in [0.05, 0.1) is 0 Å². The van der Waals surface area contributed by atoms with Crippen LogP contribution < -0.4 is 0 Å². The zero-order valence-corrected chi connectivity index (χ0v) is 11.0. The van der Waals surface area contributed by atoms with Gasteiger partial charge in [0.15, 0.2) is 0 Å². The maximum Gasteiger partial charge on any atom is 0.222 e. The molecule has 0 aromatic heterocycles. The predicted molar refractivity (Wildman–Crippen MR) is 68.4 cm³/mol. The maximum atomic E-state index is 12.0. The molecule has 0 aliphatic carbocycles. The third-order valence-electron chi connectivity index (χ3n) is 3.62. The molecule has 1 amide bonds. The van der Waals surface area contributed by atoms with Gasteiger partial charge >= 0.3 is 0 Å². The molecule has 0 N–H and O–H groups in total. The number of piperidine rings is 1. The monoisotopic (exact) mass is 225 g/mol. The number of likely N-dealkylation sites (tertiary alicyclic amines) is 1. The standard InChI is InChI=1S/C14H27NO/c1-3-4-5-6-7-11-14(16)15-12-9-8-10-13(15)2/h13H,3-12H2,1-2H3/t13-/m1/s1. The Kier molecular flexibility index (Phi) is 6.51. The first kappa shape index (κ1) is 13.5. The molecule has 2 nitrogen and oxygen atoms in total. The Balaban J connectivity index is 2.13. The van der Waals surface area contributed by atoms with Gasteiger partial charge in [0.1, 0.15) is 0 Å². The average molecular weight is 225 g/mol. The van der Waals surface area contributed by atoms with Crippen molar-refractivity contribution in [1.82, 2.24) is 4.90 Å². The molecule has 1 aliphatic heterocycles. The van der Waals surface area contributed by atoms with Gasteiger partial charge in [-0.05, 0) is 32.6 Å². The van der Waals surface area contributed by atoms with Crippen molar-refractivity contribution >= 4 is 5.91 Å². The topological polar surface area (TPSA) is 20.3 Å². The highest BCUT2D eigenvalue weighted by Crippen LogP contribution is 2.18. The molecule has 0 radical (unpaired) electrons. The molecule has 0 aromatic rings. The second kappa shape index (κ2) is 7.70. The van der Waals surface area contributed by atoms with Gasteiger partial charge in [-0.1, -0.05) is 32.6 Å². The SMILES string of the molecule is CCCCCCCC(=O)N1CCCC[C@H]1C. The van der Waals surface area contributed by atoms with E-state index in [0.717, 1.165) is 19.4 Å². The Hall–Kier alpha value is -0.530. The van der Waals surface area contributed by atoms with E-state index >= 15 is 0 Å². The number of nitrogens with zero attached hydrogens (tertiary/aromatic N) is 1. The second-order valence-electron chi connectivity index (χ2n) is 5.10. The predicted octanol–water partition coefficient (Wildman–Crippen LogP) is 3.75. The summed E-state index contributed by atoms with van der Waals surface area (Å²) < 4.78 is 0. The number of hydrogen-bond donors (Lipinski definition) is 0. The van der Waals surface area contributed by atoms with Gasteiger partial charge in [0.25, 0.3) is 0 Å². The van der Waals surface area contributed by atoms with Crippen LogP contribution in [0, 0.1) is 0 Å². The Bertz CT molecular complexity index is 203. The molecular weight excluding hydrogens is 198 g/mol. The van der Waals surface area contributed by atoms with Crippen LogP contribution in [-0.2, 0) is 4.79 Å². The quantitative estimate of drug-likeness (QED) is 0.630. The van der Waals surface area contributed by atoms with Crippen molar-refractivity contribution < 1.29 is 4.79 Å². The zero-order valence-electron chi connectivity index (χ0n) is 11.0. The number of carbonyl (C=O) groups is 1. The number of hydrogen-bond acceptors (Lipinski definition) is 1. The minimum Gasteiger partial charge on any atom is -0.340 e. The first-order chi connectivity index (χ1) is 7.75. The van der Waals surface area contributed by atoms with E-state index in [0.29, 0.717) is 11.9 Å². The Morgan fingerprint density at radius 2 is 1.94 bits per heavy atom. The first-order valence-electron chi connectivity index (χ1n) is 7.05. The molecule has 0 bridgehead atoms. The summed E-state index contributed by atoms with van der Waals surface area (Å²) in [6, 6.07) is 0.483. The summed E-state index contributed by atoms with van der Waals surface area (Å²) in [5, 5.41) is 0. The van der Waals surface area contributed by atoms with Gasteiger partial charge in [-0.25, -0.2) is 0 Å². The third kappa shape index (κ3) is 4.54. The average Bonchev–Trinajstić information content (AvgIpc) is 2.29. The molecule has 0 unspecified atom stereocenters. The fraction of sp³-hybridized carbons (Fsp3) is 0.929. The van der Waals surface area contributed by atoms with Gasteiger partial charge in [-0.15, -0.1) is 0 Å². The summed E-state index contributed by atoms with van der Waals surface area (Å²) in [5.74, 6) is 0.392. The van der Waals surface area contributed by atoms with Crippen molar-refractivity contribution in [2.24, 2.45) is 0 Å². The van der Waals surface area contributed by atoms with Crippen LogP contribution in [0.25, 0.3) is 0 Å². The van der Waals surface area contributed by atoms with Crippen LogP contribution in [0.4, 0.5) is 0 Å². The lowest BCUT2D eigenvalue weighted by atomic mass is 10.0. The number of amides is 1. The summed E-state index contributed by atoms with van der Waals surface area (Å²) in [4.78, 5) is 14.1. The molecule has 0 spiro atoms. The summed E-state index contributed by atoms with van der Waals surface area (Å²) in [6.45, 7) is 5.41. The second-order valence-corrected chi connectivity index (χ2v) is 5.10. The van der Waals surface area contributed by atoms with Crippen LogP contribution in [0.15, 0.2) is 0 Å². The summed E-state index contributed by atoms with van der Waals surface area (Å²) in [5.41, 5.74) is 0. The molecule has 16 heavy (non-hydrogen) atoms. The number of rotatable bonds is 6. The van der Waals surface area contributed by atoms with Crippen molar-refractivity contribution in [1.29, 1.82) is 0 Å². The van der Waals surface area contributed by atoms with Gasteiger partial charge in [-0.2, -0.15) is 0 Å². The van der Waals surface area contributed by atoms with Crippen LogP contribution in [0.1, 0.15) is 71.6 Å². The fourth-order valence-electron chi connectivity index (χ4n) is 2.49. The normalized spacial score (nSPS) is 21.1. The Morgan fingerprint density at radius 3 is 2.62 bits per heavy atom. The van der Waals surface area contributed by atoms with Crippen molar-refractivity contribution in [3.8, 4) is 0 Å². The largest absolute Gasteiger partial charge is 0.340 e. The minimum absolute atomic E-state index is 0.392. The molecule has 1 heterocycles. The van der Waals surface area contributed by atoms with Crippen molar-refractivity contribution in [2.75, 3.05) is 6.54 Å². The zero-order chi connectivity index (χ0) is 11.8. The highest BCUT2D eigenvalue weighted by atomic mass is 16.2. The van der Waals surface area contributed by atoms with Crippen LogP contribution in [0.2, 0.25) is 0 Å². The van der Waals surface area contributed by atoms with Crippen LogP contribution in [-0.4, -0.2) is 23.4 Å². The van der Waals surface area contributed by atoms with E-state index in [1.54, 1.807) is 0 Å². The van der Waals surface area contributed by atoms with E-state index < -0.39 is 0 Å². The Labute approximate surface area is 100 Å². The van der Waals surface area contributed by atoms with E-state index in [4.69, 9.17) is 0 Å². The van der Waals surface area contributed by atoms with Crippen LogP contribution >= 0.6 is 0 Å². The molecule has 1 rings (SSSR count). The molecular formula is C14H27NO. The van der Waals surface area contributed by atoms with E-state index in [1.165, 1.54) is 44.9 Å². The molecule has 0 aromatic carbocycles. The van der Waals surface area contributed by atoms with Gasteiger partial charge in [0, 0.05) is 19.0 Å². The lowest BCUT2D eigenvalue weighted by Crippen LogP contribution is -2.41. The van der Waals surface area contributed by atoms with Gasteiger partial charge in [0.2, 0.25) is 5.91 Å². The van der Waals surface area contributed by atoms with Gasteiger partial charge < -0.3 is 4.90 Å². The number of carbonyl (C=O) groups excluding carboxylic acids is 1. The summed E-state index contributed by atoms with van der Waals surface area (Å²) in [7, 11) is 0. The molecule has 1 fully saturated rings. The molecule has 1 aliphatic rings.